The monoisotopic (exact) mass is 336 g/mol. The third-order valence-corrected chi connectivity index (χ3v) is 4.91. The van der Waals surface area contributed by atoms with Gasteiger partial charge in [0.15, 0.2) is 0 Å². The average Bonchev–Trinajstić information content (AvgIpc) is 3.15. The summed E-state index contributed by atoms with van der Waals surface area (Å²) in [7, 11) is 0. The number of aromatic nitrogens is 3. The van der Waals surface area contributed by atoms with Crippen LogP contribution in [-0.2, 0) is 13.0 Å². The Labute approximate surface area is 146 Å². The molecule has 0 atom stereocenters. The van der Waals surface area contributed by atoms with Crippen LogP contribution in [0.25, 0.3) is 4.85 Å². The lowest BCUT2D eigenvalue weighted by Crippen LogP contribution is -2.32. The molecule has 4 rings (SSSR count). The summed E-state index contributed by atoms with van der Waals surface area (Å²) in [6.07, 6.45) is 9.04. The van der Waals surface area contributed by atoms with Gasteiger partial charge in [-0.1, -0.05) is 0 Å². The Morgan fingerprint density at radius 2 is 2.08 bits per heavy atom. The molecule has 1 aliphatic carbocycles. The molecule has 25 heavy (non-hydrogen) atoms. The van der Waals surface area contributed by atoms with Gasteiger partial charge < -0.3 is 15.4 Å². The molecule has 0 aromatic carbocycles. The fourth-order valence-corrected chi connectivity index (χ4v) is 3.52. The Morgan fingerprint density at radius 1 is 1.24 bits per heavy atom. The maximum Gasteiger partial charge on any atom is 0.229 e. The highest BCUT2D eigenvalue weighted by Gasteiger charge is 2.25. The van der Waals surface area contributed by atoms with Gasteiger partial charge in [-0.05, 0) is 31.7 Å². The molecule has 2 aromatic heterocycles. The second-order valence-corrected chi connectivity index (χ2v) is 6.51. The first-order valence-electron chi connectivity index (χ1n) is 8.62. The number of fused-ring (bicyclic) bond motifs is 1. The predicted octanol–water partition coefficient (Wildman–Crippen LogP) is 2.89. The van der Waals surface area contributed by atoms with E-state index in [-0.39, 0.29) is 11.9 Å². The van der Waals surface area contributed by atoms with Crippen molar-refractivity contribution < 1.29 is 4.74 Å². The zero-order valence-electron chi connectivity index (χ0n) is 14.0. The molecular weight excluding hydrogens is 316 g/mol. The third kappa shape index (κ3) is 3.07. The van der Waals surface area contributed by atoms with Crippen molar-refractivity contribution in [3.05, 3.63) is 41.3 Å². The molecule has 0 unspecified atom stereocenters. The summed E-state index contributed by atoms with van der Waals surface area (Å²) in [5.74, 6) is 0.972. The van der Waals surface area contributed by atoms with Gasteiger partial charge in [-0.15, -0.1) is 0 Å². The van der Waals surface area contributed by atoms with Gasteiger partial charge in [-0.2, -0.15) is 0 Å². The third-order valence-electron chi connectivity index (χ3n) is 4.91. The zero-order valence-corrected chi connectivity index (χ0v) is 14.0. The van der Waals surface area contributed by atoms with Crippen molar-refractivity contribution in [3.63, 3.8) is 0 Å². The summed E-state index contributed by atoms with van der Waals surface area (Å²) >= 11 is 0. The van der Waals surface area contributed by atoms with Crippen LogP contribution in [0.2, 0.25) is 0 Å². The first-order valence-corrected chi connectivity index (χ1v) is 8.62. The second-order valence-electron chi connectivity index (χ2n) is 6.51. The molecule has 0 saturated heterocycles. The van der Waals surface area contributed by atoms with Gasteiger partial charge >= 0.3 is 0 Å². The van der Waals surface area contributed by atoms with E-state index in [2.05, 4.69) is 24.7 Å². The maximum atomic E-state index is 7.22. The first-order chi connectivity index (χ1) is 12.2. The highest BCUT2D eigenvalue weighted by atomic mass is 16.5. The standard InChI is InChI=1S/C18H20N6O/c1-20-16-8-12(9-21-17(16)19)24-7-6-15-14(10-24)18(23-11-22-15)25-13-4-2-3-5-13/h8-9,11,13H,2-7,10H2,(H2,19,21). The van der Waals surface area contributed by atoms with Crippen LogP contribution < -0.4 is 15.4 Å². The van der Waals surface area contributed by atoms with E-state index in [1.165, 1.54) is 12.8 Å². The fourth-order valence-electron chi connectivity index (χ4n) is 3.52. The lowest BCUT2D eigenvalue weighted by Gasteiger charge is -2.31. The Balaban J connectivity index is 1.60. The van der Waals surface area contributed by atoms with Crippen LogP contribution in [0.4, 0.5) is 17.2 Å². The van der Waals surface area contributed by atoms with Crippen molar-refractivity contribution in [2.45, 2.75) is 44.8 Å². The minimum absolute atomic E-state index is 0.265. The quantitative estimate of drug-likeness (QED) is 0.868. The van der Waals surface area contributed by atoms with Crippen LogP contribution in [0, 0.1) is 6.57 Å². The molecule has 0 amide bonds. The molecule has 2 aromatic rings. The summed E-state index contributed by atoms with van der Waals surface area (Å²) < 4.78 is 6.16. The zero-order chi connectivity index (χ0) is 17.2. The second kappa shape index (κ2) is 6.55. The van der Waals surface area contributed by atoms with Gasteiger partial charge in [0, 0.05) is 24.8 Å². The van der Waals surface area contributed by atoms with Crippen molar-refractivity contribution in [3.8, 4) is 5.88 Å². The average molecular weight is 336 g/mol. The number of nitrogens with two attached hydrogens (primary N) is 1. The number of nitrogens with zero attached hydrogens (tertiary/aromatic N) is 5. The molecule has 0 spiro atoms. The normalized spacial score (nSPS) is 17.2. The van der Waals surface area contributed by atoms with Crippen molar-refractivity contribution in [2.24, 2.45) is 0 Å². The summed E-state index contributed by atoms with van der Waals surface area (Å²) in [5, 5.41) is 0. The van der Waals surface area contributed by atoms with Crippen molar-refractivity contribution in [1.82, 2.24) is 15.0 Å². The van der Waals surface area contributed by atoms with Crippen molar-refractivity contribution >= 4 is 17.2 Å². The molecule has 1 saturated carbocycles. The molecule has 1 fully saturated rings. The molecular formula is C18H20N6O. The number of hydrogen-bond donors (Lipinski definition) is 1. The minimum atomic E-state index is 0.265. The van der Waals surface area contributed by atoms with Crippen LogP contribution in [-0.4, -0.2) is 27.6 Å². The van der Waals surface area contributed by atoms with Crippen LogP contribution in [0.1, 0.15) is 36.9 Å². The van der Waals surface area contributed by atoms with Gasteiger partial charge in [-0.25, -0.2) is 19.8 Å². The van der Waals surface area contributed by atoms with Crippen LogP contribution in [0.5, 0.6) is 5.88 Å². The molecule has 7 nitrogen and oxygen atoms in total. The van der Waals surface area contributed by atoms with Crippen molar-refractivity contribution in [2.75, 3.05) is 17.2 Å². The first kappa shape index (κ1) is 15.6. The molecule has 2 N–H and O–H groups in total. The number of pyridine rings is 1. The Hall–Kier alpha value is -2.88. The van der Waals surface area contributed by atoms with Crippen LogP contribution >= 0.6 is 0 Å². The molecule has 1 aliphatic heterocycles. The highest BCUT2D eigenvalue weighted by molar-refractivity contribution is 5.69. The molecule has 2 aliphatic rings. The number of rotatable bonds is 3. The lowest BCUT2D eigenvalue weighted by atomic mass is 10.1. The van der Waals surface area contributed by atoms with E-state index in [4.69, 9.17) is 17.0 Å². The van der Waals surface area contributed by atoms with E-state index < -0.39 is 0 Å². The van der Waals surface area contributed by atoms with E-state index in [1.807, 2.05) is 0 Å². The number of hydrogen-bond acceptors (Lipinski definition) is 6. The number of anilines is 2. The van der Waals surface area contributed by atoms with Crippen LogP contribution in [0.15, 0.2) is 18.6 Å². The highest BCUT2D eigenvalue weighted by Crippen LogP contribution is 2.32. The molecule has 3 heterocycles. The van der Waals surface area contributed by atoms with E-state index in [9.17, 15) is 0 Å². The van der Waals surface area contributed by atoms with Gasteiger partial charge in [0.05, 0.1) is 24.4 Å². The Kier molecular flexibility index (Phi) is 4.10. The summed E-state index contributed by atoms with van der Waals surface area (Å²) in [5.41, 5.74) is 9.11. The summed E-state index contributed by atoms with van der Waals surface area (Å²) in [4.78, 5) is 18.6. The summed E-state index contributed by atoms with van der Waals surface area (Å²) in [6.45, 7) is 8.69. The Bertz CT molecular complexity index is 825. The van der Waals surface area contributed by atoms with Gasteiger partial charge in [0.1, 0.15) is 18.2 Å². The largest absolute Gasteiger partial charge is 0.474 e. The molecule has 128 valence electrons. The van der Waals surface area contributed by atoms with Gasteiger partial charge in [0.25, 0.3) is 0 Å². The predicted molar refractivity (Wildman–Crippen MR) is 94.6 cm³/mol. The van der Waals surface area contributed by atoms with Crippen molar-refractivity contribution in [1.29, 1.82) is 0 Å². The number of nitrogen functional groups attached to an aromatic ring is 1. The SMILES string of the molecule is [C-]#[N+]c1cc(N2CCc3ncnc(OC4CCCC4)c3C2)cnc1N. The molecule has 0 radical (unpaired) electrons. The fraction of sp³-hybridized carbons (Fsp3) is 0.444. The Morgan fingerprint density at radius 3 is 2.88 bits per heavy atom. The van der Waals surface area contributed by atoms with E-state index in [0.29, 0.717) is 18.1 Å². The smallest absolute Gasteiger partial charge is 0.229 e. The van der Waals surface area contributed by atoms with E-state index in [0.717, 1.165) is 42.8 Å². The maximum absolute atomic E-state index is 7.22. The van der Waals surface area contributed by atoms with Crippen LogP contribution in [0.3, 0.4) is 0 Å². The van der Waals surface area contributed by atoms with E-state index >= 15 is 0 Å². The van der Waals surface area contributed by atoms with Gasteiger partial charge in [-0.3, -0.25) is 0 Å². The summed E-state index contributed by atoms with van der Waals surface area (Å²) in [6, 6.07) is 1.79. The topological polar surface area (TPSA) is 81.5 Å². The molecule has 0 bridgehead atoms. The van der Waals surface area contributed by atoms with E-state index in [1.54, 1.807) is 18.6 Å². The minimum Gasteiger partial charge on any atom is -0.474 e. The molecule has 7 heteroatoms. The lowest BCUT2D eigenvalue weighted by molar-refractivity contribution is 0.198. The van der Waals surface area contributed by atoms with Gasteiger partial charge in [0.2, 0.25) is 11.6 Å². The number of ether oxygens (including phenoxy) is 1.